The van der Waals surface area contributed by atoms with Gasteiger partial charge in [0.05, 0.1) is 13.2 Å². The highest BCUT2D eigenvalue weighted by Crippen LogP contribution is 2.13. The lowest BCUT2D eigenvalue weighted by Crippen LogP contribution is -2.27. The van der Waals surface area contributed by atoms with Gasteiger partial charge in [-0.15, -0.1) is 0 Å². The number of aliphatic hydroxyl groups is 1. The van der Waals surface area contributed by atoms with Crippen molar-refractivity contribution in [3.8, 4) is 0 Å². The number of carbonyl (C=O) groups is 1. The van der Waals surface area contributed by atoms with Gasteiger partial charge in [-0.05, 0) is 89.9 Å². The molecule has 4 nitrogen and oxygen atoms in total. The van der Waals surface area contributed by atoms with Crippen LogP contribution in [0.3, 0.4) is 0 Å². The van der Waals surface area contributed by atoms with Gasteiger partial charge in [0.2, 0.25) is 0 Å². The van der Waals surface area contributed by atoms with Crippen molar-refractivity contribution in [1.29, 1.82) is 0 Å². The normalized spacial score (nSPS) is 13.2. The zero-order valence-electron chi connectivity index (χ0n) is 34.8. The maximum atomic E-state index is 12.2. The Hall–Kier alpha value is -2.43. The summed E-state index contributed by atoms with van der Waals surface area (Å²) in [6.45, 7) is 5.15. The van der Waals surface area contributed by atoms with Crippen LogP contribution in [-0.4, -0.2) is 37.0 Å². The summed E-state index contributed by atoms with van der Waals surface area (Å²) in [6.07, 6.45) is 63.6. The SMILES string of the molecule is CC/C=C\C/C=C\C/C=C\C/C=C\C/C=C\C/C=C\CCCCCOCC(CO)OC(=O)CCCCCCCCCCC/C=C\CCCCCCCC. The third kappa shape index (κ3) is 43.9. The monoisotopic (exact) mass is 737 g/mol. The summed E-state index contributed by atoms with van der Waals surface area (Å²) in [4.78, 5) is 12.2. The van der Waals surface area contributed by atoms with Crippen LogP contribution in [0.1, 0.15) is 194 Å². The van der Waals surface area contributed by atoms with Crippen LogP contribution in [0.15, 0.2) is 85.1 Å². The van der Waals surface area contributed by atoms with Crippen LogP contribution in [0.2, 0.25) is 0 Å². The molecule has 0 aliphatic carbocycles. The highest BCUT2D eigenvalue weighted by atomic mass is 16.6. The van der Waals surface area contributed by atoms with Crippen LogP contribution in [0, 0.1) is 0 Å². The lowest BCUT2D eigenvalue weighted by atomic mass is 10.1. The number of rotatable bonds is 40. The van der Waals surface area contributed by atoms with Gasteiger partial charge in [-0.2, -0.15) is 0 Å². The number of hydrogen-bond donors (Lipinski definition) is 1. The molecular formula is C49H84O4. The van der Waals surface area contributed by atoms with E-state index in [4.69, 9.17) is 9.47 Å². The summed E-state index contributed by atoms with van der Waals surface area (Å²) in [7, 11) is 0. The molecule has 0 fully saturated rings. The molecule has 1 atom stereocenters. The van der Waals surface area contributed by atoms with Crippen molar-refractivity contribution in [2.24, 2.45) is 0 Å². The summed E-state index contributed by atoms with van der Waals surface area (Å²) in [5.41, 5.74) is 0. The first-order valence-corrected chi connectivity index (χ1v) is 22.2. The predicted octanol–water partition coefficient (Wildman–Crippen LogP) is 14.8. The number of allylic oxidation sites excluding steroid dienone is 14. The van der Waals surface area contributed by atoms with Crippen molar-refractivity contribution < 1.29 is 19.4 Å². The molecule has 0 saturated heterocycles. The Morgan fingerprint density at radius 3 is 1.30 bits per heavy atom. The molecule has 0 heterocycles. The van der Waals surface area contributed by atoms with E-state index in [1.807, 2.05) is 0 Å². The van der Waals surface area contributed by atoms with Gasteiger partial charge >= 0.3 is 5.97 Å². The maximum absolute atomic E-state index is 12.2. The number of ether oxygens (including phenoxy) is 2. The summed E-state index contributed by atoms with van der Waals surface area (Å²) in [6, 6.07) is 0. The zero-order chi connectivity index (χ0) is 38.4. The van der Waals surface area contributed by atoms with Gasteiger partial charge < -0.3 is 14.6 Å². The first-order valence-electron chi connectivity index (χ1n) is 22.2. The van der Waals surface area contributed by atoms with Gasteiger partial charge in [0.25, 0.3) is 0 Å². The molecule has 4 heteroatoms. The van der Waals surface area contributed by atoms with E-state index in [1.165, 1.54) is 96.3 Å². The maximum Gasteiger partial charge on any atom is 0.306 e. The third-order valence-corrected chi connectivity index (χ3v) is 9.20. The van der Waals surface area contributed by atoms with E-state index < -0.39 is 6.10 Å². The van der Waals surface area contributed by atoms with Crippen molar-refractivity contribution in [2.45, 2.75) is 200 Å². The Balaban J connectivity index is 3.54. The molecule has 0 rings (SSSR count). The smallest absolute Gasteiger partial charge is 0.306 e. The lowest BCUT2D eigenvalue weighted by molar-refractivity contribution is -0.154. The molecule has 1 N–H and O–H groups in total. The molecule has 0 aliphatic rings. The van der Waals surface area contributed by atoms with Gasteiger partial charge in [0.1, 0.15) is 6.10 Å². The minimum absolute atomic E-state index is 0.191. The largest absolute Gasteiger partial charge is 0.457 e. The van der Waals surface area contributed by atoms with Crippen LogP contribution >= 0.6 is 0 Å². The second kappa shape index (κ2) is 45.7. The second-order valence-electron chi connectivity index (χ2n) is 14.4. The zero-order valence-corrected chi connectivity index (χ0v) is 34.8. The molecule has 53 heavy (non-hydrogen) atoms. The minimum Gasteiger partial charge on any atom is -0.457 e. The molecule has 304 valence electrons. The van der Waals surface area contributed by atoms with Crippen molar-refractivity contribution in [2.75, 3.05) is 19.8 Å². The molecule has 0 bridgehead atoms. The van der Waals surface area contributed by atoms with Gasteiger partial charge in [-0.1, -0.05) is 182 Å². The summed E-state index contributed by atoms with van der Waals surface area (Å²) in [5, 5.41) is 9.61. The first kappa shape index (κ1) is 50.6. The van der Waals surface area contributed by atoms with E-state index in [0.717, 1.165) is 77.0 Å². The van der Waals surface area contributed by atoms with E-state index in [0.29, 0.717) is 13.0 Å². The Kier molecular flexibility index (Phi) is 43.6. The Labute approximate surface area is 329 Å². The van der Waals surface area contributed by atoms with Crippen molar-refractivity contribution in [1.82, 2.24) is 0 Å². The van der Waals surface area contributed by atoms with Gasteiger partial charge in [-0.25, -0.2) is 0 Å². The molecule has 0 radical (unpaired) electrons. The highest BCUT2D eigenvalue weighted by molar-refractivity contribution is 5.69. The van der Waals surface area contributed by atoms with Gasteiger partial charge in [-0.3, -0.25) is 4.79 Å². The van der Waals surface area contributed by atoms with Crippen LogP contribution in [0.4, 0.5) is 0 Å². The fraction of sp³-hybridized carbons (Fsp3) is 0.694. The van der Waals surface area contributed by atoms with Crippen LogP contribution in [0.25, 0.3) is 0 Å². The number of hydrogen-bond acceptors (Lipinski definition) is 4. The molecule has 1 unspecified atom stereocenters. The lowest BCUT2D eigenvalue weighted by Gasteiger charge is -2.15. The second-order valence-corrected chi connectivity index (χ2v) is 14.4. The average molecular weight is 737 g/mol. The topological polar surface area (TPSA) is 55.8 Å². The Morgan fingerprint density at radius 1 is 0.472 bits per heavy atom. The van der Waals surface area contributed by atoms with Crippen LogP contribution in [0.5, 0.6) is 0 Å². The molecular weight excluding hydrogens is 653 g/mol. The fourth-order valence-corrected chi connectivity index (χ4v) is 5.91. The molecule has 0 aromatic heterocycles. The number of unbranched alkanes of at least 4 members (excludes halogenated alkanes) is 18. The van der Waals surface area contributed by atoms with E-state index in [2.05, 4.69) is 98.9 Å². The molecule has 0 spiro atoms. The van der Waals surface area contributed by atoms with E-state index in [9.17, 15) is 9.90 Å². The number of esters is 1. The van der Waals surface area contributed by atoms with Crippen molar-refractivity contribution in [3.05, 3.63) is 85.1 Å². The van der Waals surface area contributed by atoms with E-state index in [-0.39, 0.29) is 19.2 Å². The molecule has 0 aromatic carbocycles. The summed E-state index contributed by atoms with van der Waals surface area (Å²) in [5.74, 6) is -0.218. The quantitative estimate of drug-likeness (QED) is 0.0387. The fourth-order valence-electron chi connectivity index (χ4n) is 5.91. The average Bonchev–Trinajstić information content (AvgIpc) is 3.16. The minimum atomic E-state index is -0.558. The van der Waals surface area contributed by atoms with Crippen molar-refractivity contribution >= 4 is 5.97 Å². The molecule has 0 saturated carbocycles. The molecule has 0 aliphatic heterocycles. The van der Waals surface area contributed by atoms with Crippen molar-refractivity contribution in [3.63, 3.8) is 0 Å². The first-order chi connectivity index (χ1) is 26.2. The summed E-state index contributed by atoms with van der Waals surface area (Å²) >= 11 is 0. The van der Waals surface area contributed by atoms with E-state index in [1.54, 1.807) is 0 Å². The number of aliphatic hydroxyl groups excluding tert-OH is 1. The molecule has 0 aromatic rings. The highest BCUT2D eigenvalue weighted by Gasteiger charge is 2.13. The van der Waals surface area contributed by atoms with Crippen LogP contribution in [-0.2, 0) is 14.3 Å². The predicted molar refractivity (Wildman–Crippen MR) is 232 cm³/mol. The van der Waals surface area contributed by atoms with Gasteiger partial charge in [0.15, 0.2) is 0 Å². The Bertz CT molecular complexity index is 954. The van der Waals surface area contributed by atoms with Crippen LogP contribution < -0.4 is 0 Å². The number of carbonyl (C=O) groups excluding carboxylic acids is 1. The third-order valence-electron chi connectivity index (χ3n) is 9.20. The Morgan fingerprint density at radius 2 is 0.849 bits per heavy atom. The summed E-state index contributed by atoms with van der Waals surface area (Å²) < 4.78 is 11.1. The van der Waals surface area contributed by atoms with E-state index >= 15 is 0 Å². The molecule has 0 amide bonds. The standard InChI is InChI=1S/C49H84O4/c1-3-5-7-9-11-13-15-17-19-21-23-24-25-27-29-31-33-35-37-39-41-43-45-52-47-48(46-50)53-49(51)44-42-40-38-36-34-32-30-28-26-22-20-18-16-14-12-10-8-6-4-2/h5,7,11,13,17-20,23-24,27,29,33,35,48,50H,3-4,6,8-10,12,14-16,21-22,25-26,28,30-32,34,36-47H2,1-2H3/b7-5-,13-11-,19-17-,20-18-,24-23-,29-27-,35-33-. The van der Waals surface area contributed by atoms with Gasteiger partial charge in [0, 0.05) is 13.0 Å².